The molecule has 0 saturated heterocycles. The number of fused-ring (bicyclic) bond motifs is 1. The highest BCUT2D eigenvalue weighted by molar-refractivity contribution is 6.76. The van der Waals surface area contributed by atoms with Crippen LogP contribution in [0.3, 0.4) is 0 Å². The number of ketones is 1. The van der Waals surface area contributed by atoms with Crippen molar-refractivity contribution in [3.63, 3.8) is 0 Å². The Hall–Kier alpha value is -0.893. The minimum Gasteiger partial charge on any atom is -0.294 e. The molecule has 0 bridgehead atoms. The molecule has 0 radical (unpaired) electrons. The van der Waals surface area contributed by atoms with E-state index in [1.165, 1.54) is 17.2 Å². The zero-order valence-corrected chi connectivity index (χ0v) is 11.5. The standard InChI is InChI=1S/C14H20OSi/c1-16(2,3)9-8-11-4-5-12-6-7-14(15)13(12)10-11/h4-5,10H,6-9H2,1-3H3. The second kappa shape index (κ2) is 4.17. The Morgan fingerprint density at radius 1 is 1.19 bits per heavy atom. The van der Waals surface area contributed by atoms with Crippen LogP contribution in [0.25, 0.3) is 0 Å². The van der Waals surface area contributed by atoms with Crippen molar-refractivity contribution in [2.75, 3.05) is 0 Å². The fraction of sp³-hybridized carbons (Fsp3) is 0.500. The summed E-state index contributed by atoms with van der Waals surface area (Å²) in [5.74, 6) is 0.338. The maximum absolute atomic E-state index is 11.6. The zero-order chi connectivity index (χ0) is 11.8. The van der Waals surface area contributed by atoms with Crippen LogP contribution in [0.5, 0.6) is 0 Å². The first-order chi connectivity index (χ1) is 7.46. The number of Topliss-reactive ketones (excluding diaryl/α,β-unsaturated/α-hetero) is 1. The van der Waals surface area contributed by atoms with Crippen LogP contribution in [0, 0.1) is 0 Å². The highest BCUT2D eigenvalue weighted by atomic mass is 28.3. The molecule has 0 amide bonds. The van der Waals surface area contributed by atoms with E-state index in [9.17, 15) is 4.79 Å². The van der Waals surface area contributed by atoms with Crippen LogP contribution < -0.4 is 0 Å². The first-order valence-electron chi connectivity index (χ1n) is 6.11. The summed E-state index contributed by atoms with van der Waals surface area (Å²) >= 11 is 0. The van der Waals surface area contributed by atoms with E-state index in [4.69, 9.17) is 0 Å². The molecule has 1 aliphatic rings. The van der Waals surface area contributed by atoms with Gasteiger partial charge in [0.1, 0.15) is 0 Å². The van der Waals surface area contributed by atoms with Crippen molar-refractivity contribution >= 4 is 13.9 Å². The number of hydrogen-bond acceptors (Lipinski definition) is 1. The lowest BCUT2D eigenvalue weighted by Crippen LogP contribution is -2.19. The lowest BCUT2D eigenvalue weighted by molar-refractivity contribution is 0.0994. The van der Waals surface area contributed by atoms with Gasteiger partial charge in [-0.3, -0.25) is 4.79 Å². The molecular formula is C14H20OSi. The smallest absolute Gasteiger partial charge is 0.163 e. The van der Waals surface area contributed by atoms with Gasteiger partial charge in [-0.15, -0.1) is 0 Å². The summed E-state index contributed by atoms with van der Waals surface area (Å²) in [6.45, 7) is 7.18. The minimum absolute atomic E-state index is 0.338. The van der Waals surface area contributed by atoms with Gasteiger partial charge >= 0.3 is 0 Å². The third-order valence-electron chi connectivity index (χ3n) is 3.26. The molecule has 1 aliphatic carbocycles. The van der Waals surface area contributed by atoms with E-state index in [0.717, 1.165) is 18.4 Å². The van der Waals surface area contributed by atoms with Crippen LogP contribution in [-0.2, 0) is 12.8 Å². The molecule has 1 aromatic carbocycles. The molecule has 0 fully saturated rings. The van der Waals surface area contributed by atoms with Crippen LogP contribution in [0.1, 0.15) is 27.9 Å². The molecule has 2 heteroatoms. The molecule has 2 rings (SSSR count). The van der Waals surface area contributed by atoms with Crippen LogP contribution in [0.2, 0.25) is 25.7 Å². The predicted octanol–water partition coefficient (Wildman–Crippen LogP) is 3.70. The zero-order valence-electron chi connectivity index (χ0n) is 10.5. The average molecular weight is 232 g/mol. The molecule has 0 spiro atoms. The fourth-order valence-corrected chi connectivity index (χ4v) is 3.20. The van der Waals surface area contributed by atoms with Gasteiger partial charge in [0, 0.05) is 20.1 Å². The quantitative estimate of drug-likeness (QED) is 0.726. The second-order valence-electron chi connectivity index (χ2n) is 5.98. The minimum atomic E-state index is -0.967. The molecule has 0 atom stereocenters. The number of hydrogen-bond donors (Lipinski definition) is 0. The monoisotopic (exact) mass is 232 g/mol. The number of rotatable bonds is 3. The van der Waals surface area contributed by atoms with Crippen molar-refractivity contribution in [2.45, 2.75) is 44.9 Å². The average Bonchev–Trinajstić information content (AvgIpc) is 2.56. The Balaban J connectivity index is 2.13. The first kappa shape index (κ1) is 11.6. The Morgan fingerprint density at radius 3 is 2.62 bits per heavy atom. The van der Waals surface area contributed by atoms with Crippen LogP contribution in [-0.4, -0.2) is 13.9 Å². The molecule has 0 N–H and O–H groups in total. The predicted molar refractivity (Wildman–Crippen MR) is 71.0 cm³/mol. The maximum Gasteiger partial charge on any atom is 0.163 e. The molecule has 0 unspecified atom stereocenters. The van der Waals surface area contributed by atoms with Gasteiger partial charge in [0.25, 0.3) is 0 Å². The lowest BCUT2D eigenvalue weighted by atomic mass is 10.0. The van der Waals surface area contributed by atoms with Crippen molar-refractivity contribution in [3.05, 3.63) is 34.9 Å². The van der Waals surface area contributed by atoms with E-state index >= 15 is 0 Å². The summed E-state index contributed by atoms with van der Waals surface area (Å²) in [5.41, 5.74) is 3.59. The topological polar surface area (TPSA) is 17.1 Å². The molecule has 0 saturated carbocycles. The van der Waals surface area contributed by atoms with Gasteiger partial charge in [-0.1, -0.05) is 37.8 Å². The number of benzene rings is 1. The molecular weight excluding hydrogens is 212 g/mol. The summed E-state index contributed by atoms with van der Waals surface area (Å²) in [6, 6.07) is 7.79. The summed E-state index contributed by atoms with van der Waals surface area (Å²) in [7, 11) is -0.967. The van der Waals surface area contributed by atoms with Gasteiger partial charge in [0.15, 0.2) is 5.78 Å². The maximum atomic E-state index is 11.6. The Morgan fingerprint density at radius 2 is 1.94 bits per heavy atom. The number of carbonyl (C=O) groups excluding carboxylic acids is 1. The first-order valence-corrected chi connectivity index (χ1v) is 9.81. The molecule has 0 heterocycles. The molecule has 0 aliphatic heterocycles. The SMILES string of the molecule is C[Si](C)(C)CCc1ccc2c(c1)C(=O)CC2. The third-order valence-corrected chi connectivity index (χ3v) is 5.01. The van der Waals surface area contributed by atoms with Gasteiger partial charge in [-0.25, -0.2) is 0 Å². The van der Waals surface area contributed by atoms with Crippen LogP contribution in [0.15, 0.2) is 18.2 Å². The largest absolute Gasteiger partial charge is 0.294 e. The van der Waals surface area contributed by atoms with Gasteiger partial charge < -0.3 is 0 Å². The normalized spacial score (nSPS) is 15.3. The molecule has 16 heavy (non-hydrogen) atoms. The Bertz CT molecular complexity index is 415. The van der Waals surface area contributed by atoms with Gasteiger partial charge in [0.2, 0.25) is 0 Å². The molecule has 86 valence electrons. The van der Waals surface area contributed by atoms with Gasteiger partial charge in [0.05, 0.1) is 0 Å². The molecule has 1 aromatic rings. The van der Waals surface area contributed by atoms with Crippen LogP contribution in [0.4, 0.5) is 0 Å². The Labute approximate surface area is 98.9 Å². The van der Waals surface area contributed by atoms with E-state index < -0.39 is 8.07 Å². The van der Waals surface area contributed by atoms with E-state index in [1.54, 1.807) is 0 Å². The lowest BCUT2D eigenvalue weighted by Gasteiger charge is -2.15. The van der Waals surface area contributed by atoms with Crippen molar-refractivity contribution in [1.82, 2.24) is 0 Å². The van der Waals surface area contributed by atoms with Crippen molar-refractivity contribution in [2.24, 2.45) is 0 Å². The summed E-state index contributed by atoms with van der Waals surface area (Å²) in [6.07, 6.45) is 2.80. The van der Waals surface area contributed by atoms with Gasteiger partial charge in [-0.2, -0.15) is 0 Å². The van der Waals surface area contributed by atoms with Gasteiger partial charge in [-0.05, 0) is 30.0 Å². The van der Waals surface area contributed by atoms with E-state index in [1.807, 2.05) is 0 Å². The van der Waals surface area contributed by atoms with Crippen molar-refractivity contribution in [3.8, 4) is 0 Å². The fourth-order valence-electron chi connectivity index (χ4n) is 2.16. The van der Waals surface area contributed by atoms with E-state index in [-0.39, 0.29) is 0 Å². The summed E-state index contributed by atoms with van der Waals surface area (Å²) in [5, 5.41) is 0. The summed E-state index contributed by atoms with van der Waals surface area (Å²) in [4.78, 5) is 11.6. The van der Waals surface area contributed by atoms with E-state index in [2.05, 4.69) is 37.8 Å². The second-order valence-corrected chi connectivity index (χ2v) is 11.6. The van der Waals surface area contributed by atoms with Crippen molar-refractivity contribution < 1.29 is 4.79 Å². The summed E-state index contributed by atoms with van der Waals surface area (Å²) < 4.78 is 0. The Kier molecular flexibility index (Phi) is 3.02. The highest BCUT2D eigenvalue weighted by Crippen LogP contribution is 2.24. The number of carbonyl (C=O) groups is 1. The third kappa shape index (κ3) is 2.61. The van der Waals surface area contributed by atoms with Crippen LogP contribution >= 0.6 is 0 Å². The molecule has 0 aromatic heterocycles. The highest BCUT2D eigenvalue weighted by Gasteiger charge is 2.20. The number of aryl methyl sites for hydroxylation is 2. The van der Waals surface area contributed by atoms with E-state index in [0.29, 0.717) is 12.2 Å². The van der Waals surface area contributed by atoms with Crippen molar-refractivity contribution in [1.29, 1.82) is 0 Å². The molecule has 1 nitrogen and oxygen atoms in total.